The second-order valence-electron chi connectivity index (χ2n) is 4.44. The van der Waals surface area contributed by atoms with Crippen molar-refractivity contribution in [2.75, 3.05) is 0 Å². The van der Waals surface area contributed by atoms with Crippen LogP contribution < -0.4 is 11.3 Å². The van der Waals surface area contributed by atoms with Crippen LogP contribution in [-0.4, -0.2) is 11.0 Å². The van der Waals surface area contributed by atoms with Crippen molar-refractivity contribution < 1.29 is 0 Å². The van der Waals surface area contributed by atoms with E-state index in [1.807, 2.05) is 6.92 Å². The summed E-state index contributed by atoms with van der Waals surface area (Å²) in [6.45, 7) is 4.33. The van der Waals surface area contributed by atoms with E-state index in [0.29, 0.717) is 11.5 Å². The number of nitrogens with two attached hydrogens (primary N) is 1. The van der Waals surface area contributed by atoms with E-state index in [2.05, 4.69) is 22.7 Å². The molecule has 1 unspecified atom stereocenters. The Bertz CT molecular complexity index is 317. The molecule has 3 nitrogen and oxygen atoms in total. The normalized spacial score (nSPS) is 20.8. The van der Waals surface area contributed by atoms with E-state index in [1.165, 1.54) is 18.5 Å². The molecular weight excluding hydrogens is 194 g/mol. The third kappa shape index (κ3) is 1.97. The summed E-state index contributed by atoms with van der Waals surface area (Å²) >= 11 is 1.71. The number of thiazole rings is 1. The molecule has 1 atom stereocenters. The van der Waals surface area contributed by atoms with Gasteiger partial charge in [0, 0.05) is 17.8 Å². The Balaban J connectivity index is 2.01. The zero-order chi connectivity index (χ0) is 10.2. The lowest BCUT2D eigenvalue weighted by molar-refractivity contribution is 0.357. The topological polar surface area (TPSA) is 50.9 Å². The van der Waals surface area contributed by atoms with Crippen LogP contribution in [0.25, 0.3) is 0 Å². The van der Waals surface area contributed by atoms with Gasteiger partial charge in [-0.1, -0.05) is 6.92 Å². The van der Waals surface area contributed by atoms with Crippen LogP contribution in [-0.2, 0) is 6.42 Å². The summed E-state index contributed by atoms with van der Waals surface area (Å²) < 4.78 is 0. The van der Waals surface area contributed by atoms with Gasteiger partial charge in [-0.2, -0.15) is 0 Å². The van der Waals surface area contributed by atoms with Crippen LogP contribution in [0.4, 0.5) is 0 Å². The van der Waals surface area contributed by atoms with E-state index in [0.717, 1.165) is 11.4 Å². The minimum atomic E-state index is 0.379. The van der Waals surface area contributed by atoms with E-state index < -0.39 is 0 Å². The van der Waals surface area contributed by atoms with Gasteiger partial charge in [-0.15, -0.1) is 11.3 Å². The van der Waals surface area contributed by atoms with E-state index in [9.17, 15) is 0 Å². The zero-order valence-electron chi connectivity index (χ0n) is 8.71. The highest BCUT2D eigenvalue weighted by Crippen LogP contribution is 2.48. The van der Waals surface area contributed by atoms with Gasteiger partial charge in [-0.3, -0.25) is 11.3 Å². The summed E-state index contributed by atoms with van der Waals surface area (Å²) in [5, 5.41) is 3.27. The Kier molecular flexibility index (Phi) is 2.60. The molecule has 1 aromatic heterocycles. The van der Waals surface area contributed by atoms with E-state index >= 15 is 0 Å². The number of aromatic nitrogens is 1. The van der Waals surface area contributed by atoms with Gasteiger partial charge in [0.15, 0.2) is 0 Å². The van der Waals surface area contributed by atoms with Crippen LogP contribution in [0.2, 0.25) is 0 Å². The molecule has 2 rings (SSSR count). The molecule has 0 radical (unpaired) electrons. The summed E-state index contributed by atoms with van der Waals surface area (Å²) in [5.74, 6) is 5.58. The fraction of sp³-hybridized carbons (Fsp3) is 0.700. The van der Waals surface area contributed by atoms with Gasteiger partial charge in [0.1, 0.15) is 0 Å². The maximum absolute atomic E-state index is 5.58. The molecule has 0 amide bonds. The fourth-order valence-electron chi connectivity index (χ4n) is 1.76. The van der Waals surface area contributed by atoms with E-state index in [4.69, 9.17) is 5.84 Å². The molecule has 1 fully saturated rings. The van der Waals surface area contributed by atoms with Crippen molar-refractivity contribution in [3.05, 3.63) is 16.1 Å². The maximum Gasteiger partial charge on any atom is 0.0897 e. The van der Waals surface area contributed by atoms with Crippen molar-refractivity contribution in [2.45, 2.75) is 39.2 Å². The SMILES string of the molecule is Cc1nc(CC(NN)C2(C)CC2)cs1. The number of hydrogen-bond acceptors (Lipinski definition) is 4. The highest BCUT2D eigenvalue weighted by atomic mass is 32.1. The maximum atomic E-state index is 5.58. The molecule has 1 aromatic rings. The summed E-state index contributed by atoms with van der Waals surface area (Å²) in [6, 6.07) is 0.379. The highest BCUT2D eigenvalue weighted by Gasteiger charge is 2.44. The van der Waals surface area contributed by atoms with Gasteiger partial charge < -0.3 is 0 Å². The standard InChI is InChI=1S/C10H17N3S/c1-7-12-8(6-14-7)5-9(13-11)10(2)3-4-10/h6,9,13H,3-5,11H2,1-2H3. The molecule has 3 N–H and O–H groups in total. The zero-order valence-corrected chi connectivity index (χ0v) is 9.53. The van der Waals surface area contributed by atoms with Gasteiger partial charge in [0.2, 0.25) is 0 Å². The average Bonchev–Trinajstić information content (AvgIpc) is 2.76. The smallest absolute Gasteiger partial charge is 0.0897 e. The molecule has 1 aliphatic carbocycles. The Hall–Kier alpha value is -0.450. The average molecular weight is 211 g/mol. The van der Waals surface area contributed by atoms with E-state index in [-0.39, 0.29) is 0 Å². The second kappa shape index (κ2) is 3.61. The van der Waals surface area contributed by atoms with E-state index in [1.54, 1.807) is 11.3 Å². The molecule has 0 aliphatic heterocycles. The summed E-state index contributed by atoms with van der Waals surface area (Å²) in [7, 11) is 0. The van der Waals surface area contributed by atoms with Crippen LogP contribution in [0, 0.1) is 12.3 Å². The molecule has 0 bridgehead atoms. The van der Waals surface area contributed by atoms with Gasteiger partial charge in [0.25, 0.3) is 0 Å². The predicted molar refractivity (Wildman–Crippen MR) is 59.0 cm³/mol. The number of nitrogens with one attached hydrogen (secondary N) is 1. The monoisotopic (exact) mass is 211 g/mol. The van der Waals surface area contributed by atoms with Gasteiger partial charge in [0.05, 0.1) is 10.7 Å². The van der Waals surface area contributed by atoms with Crippen molar-refractivity contribution in [1.82, 2.24) is 10.4 Å². The van der Waals surface area contributed by atoms with Crippen molar-refractivity contribution >= 4 is 11.3 Å². The van der Waals surface area contributed by atoms with Crippen molar-refractivity contribution in [1.29, 1.82) is 0 Å². The first-order valence-electron chi connectivity index (χ1n) is 5.01. The lowest BCUT2D eigenvalue weighted by Gasteiger charge is -2.21. The molecule has 78 valence electrons. The first-order chi connectivity index (χ1) is 6.64. The summed E-state index contributed by atoms with van der Waals surface area (Å²) in [4.78, 5) is 4.46. The Morgan fingerprint density at radius 2 is 2.43 bits per heavy atom. The summed E-state index contributed by atoms with van der Waals surface area (Å²) in [6.07, 6.45) is 3.52. The lowest BCUT2D eigenvalue weighted by atomic mass is 9.95. The Labute approximate surface area is 88.7 Å². The van der Waals surface area contributed by atoms with Crippen LogP contribution >= 0.6 is 11.3 Å². The molecule has 0 saturated heterocycles. The molecule has 14 heavy (non-hydrogen) atoms. The molecule has 0 aromatic carbocycles. The minimum absolute atomic E-state index is 0.379. The number of nitrogens with zero attached hydrogens (tertiary/aromatic N) is 1. The van der Waals surface area contributed by atoms with Gasteiger partial charge in [-0.05, 0) is 25.2 Å². The molecular formula is C10H17N3S. The Morgan fingerprint density at radius 3 is 2.86 bits per heavy atom. The van der Waals surface area contributed by atoms with Crippen LogP contribution in [0.15, 0.2) is 5.38 Å². The second-order valence-corrected chi connectivity index (χ2v) is 5.50. The van der Waals surface area contributed by atoms with Crippen molar-refractivity contribution in [3.8, 4) is 0 Å². The van der Waals surface area contributed by atoms with Crippen LogP contribution in [0.1, 0.15) is 30.5 Å². The quantitative estimate of drug-likeness (QED) is 0.588. The van der Waals surface area contributed by atoms with Crippen molar-refractivity contribution in [2.24, 2.45) is 11.3 Å². The third-order valence-corrected chi connectivity index (χ3v) is 3.98. The molecule has 0 spiro atoms. The Morgan fingerprint density at radius 1 is 1.71 bits per heavy atom. The van der Waals surface area contributed by atoms with Crippen LogP contribution in [0.3, 0.4) is 0 Å². The van der Waals surface area contributed by atoms with Crippen LogP contribution in [0.5, 0.6) is 0 Å². The number of rotatable bonds is 4. The number of hydrogen-bond donors (Lipinski definition) is 2. The first kappa shape index (κ1) is 10.1. The van der Waals surface area contributed by atoms with Gasteiger partial charge >= 0.3 is 0 Å². The third-order valence-electron chi connectivity index (χ3n) is 3.16. The molecule has 1 saturated carbocycles. The van der Waals surface area contributed by atoms with Gasteiger partial charge in [-0.25, -0.2) is 4.98 Å². The van der Waals surface area contributed by atoms with Crippen molar-refractivity contribution in [3.63, 3.8) is 0 Å². The molecule has 1 aliphatic rings. The highest BCUT2D eigenvalue weighted by molar-refractivity contribution is 7.09. The lowest BCUT2D eigenvalue weighted by Crippen LogP contribution is -2.42. The molecule has 4 heteroatoms. The first-order valence-corrected chi connectivity index (χ1v) is 5.89. The predicted octanol–water partition coefficient (Wildman–Crippen LogP) is 1.63. The number of hydrazine groups is 1. The minimum Gasteiger partial charge on any atom is -0.271 e. The number of aryl methyl sites for hydroxylation is 1. The largest absolute Gasteiger partial charge is 0.271 e. The molecule has 1 heterocycles. The fourth-order valence-corrected chi connectivity index (χ4v) is 2.39. The summed E-state index contributed by atoms with van der Waals surface area (Å²) in [5.41, 5.74) is 4.51.